The molecule has 0 bridgehead atoms. The molecule has 0 radical (unpaired) electrons. The van der Waals surface area contributed by atoms with Crippen LogP contribution in [0.3, 0.4) is 0 Å². The van der Waals surface area contributed by atoms with E-state index < -0.39 is 0 Å². The van der Waals surface area contributed by atoms with Gasteiger partial charge in [0, 0.05) is 38.3 Å². The Kier molecular flexibility index (Phi) is 4.66. The van der Waals surface area contributed by atoms with Gasteiger partial charge in [-0.05, 0) is 23.7 Å². The number of aldehydes is 1. The van der Waals surface area contributed by atoms with E-state index in [2.05, 4.69) is 41.1 Å². The molecule has 0 unspecified atom stereocenters. The first kappa shape index (κ1) is 14.9. The summed E-state index contributed by atoms with van der Waals surface area (Å²) in [6, 6.07) is 16.5. The molecule has 3 nitrogen and oxygen atoms in total. The average molecular weight is 294 g/mol. The van der Waals surface area contributed by atoms with Gasteiger partial charge in [-0.25, -0.2) is 0 Å². The predicted octanol–water partition coefficient (Wildman–Crippen LogP) is 2.91. The summed E-state index contributed by atoms with van der Waals surface area (Å²) < 4.78 is 0. The van der Waals surface area contributed by atoms with Crippen molar-refractivity contribution >= 4 is 6.29 Å². The molecule has 3 rings (SSSR count). The Morgan fingerprint density at radius 2 is 1.41 bits per heavy atom. The van der Waals surface area contributed by atoms with Crippen LogP contribution in [0.5, 0.6) is 0 Å². The van der Waals surface area contributed by atoms with Gasteiger partial charge in [-0.3, -0.25) is 9.69 Å². The fourth-order valence-electron chi connectivity index (χ4n) is 2.82. The topological polar surface area (TPSA) is 23.6 Å². The summed E-state index contributed by atoms with van der Waals surface area (Å²) in [6.07, 6.45) is 0.878. The number of hydrogen-bond donors (Lipinski definition) is 0. The number of carbonyl (C=O) groups excluding carboxylic acids is 1. The number of likely N-dealkylation sites (N-methyl/N-ethyl adjacent to an activating group) is 1. The molecular weight excluding hydrogens is 272 g/mol. The maximum absolute atomic E-state index is 10.7. The van der Waals surface area contributed by atoms with E-state index in [9.17, 15) is 4.79 Å². The number of piperazine rings is 1. The molecule has 3 heteroatoms. The van der Waals surface area contributed by atoms with E-state index in [0.717, 1.165) is 50.1 Å². The molecule has 1 aliphatic rings. The first-order valence-electron chi connectivity index (χ1n) is 7.80. The first-order valence-corrected chi connectivity index (χ1v) is 7.80. The molecule has 0 saturated carbocycles. The summed E-state index contributed by atoms with van der Waals surface area (Å²) in [7, 11) is 2.18. The van der Waals surface area contributed by atoms with E-state index in [0.29, 0.717) is 0 Å². The molecule has 1 fully saturated rings. The molecule has 1 aliphatic heterocycles. The fraction of sp³-hybridized carbons (Fsp3) is 0.316. The van der Waals surface area contributed by atoms with E-state index in [1.807, 2.05) is 24.3 Å². The lowest BCUT2D eigenvalue weighted by atomic mass is 10.0. The standard InChI is InChI=1S/C19H22N2O/c1-20-10-12-21(13-11-20)14-16-2-6-18(7-3-16)19-8-4-17(15-22)5-9-19/h2-9,15H,10-14H2,1H3. The largest absolute Gasteiger partial charge is 0.304 e. The normalized spacial score (nSPS) is 16.6. The highest BCUT2D eigenvalue weighted by molar-refractivity contribution is 5.76. The van der Waals surface area contributed by atoms with E-state index in [4.69, 9.17) is 0 Å². The molecule has 2 aromatic carbocycles. The minimum absolute atomic E-state index is 0.718. The first-order chi connectivity index (χ1) is 10.7. The number of hydrogen-bond acceptors (Lipinski definition) is 3. The minimum Gasteiger partial charge on any atom is -0.304 e. The Hall–Kier alpha value is -1.97. The predicted molar refractivity (Wildman–Crippen MR) is 90.0 cm³/mol. The molecule has 0 aromatic heterocycles. The fourth-order valence-corrected chi connectivity index (χ4v) is 2.82. The summed E-state index contributed by atoms with van der Waals surface area (Å²) in [6.45, 7) is 5.62. The van der Waals surface area contributed by atoms with Gasteiger partial charge in [-0.1, -0.05) is 48.5 Å². The van der Waals surface area contributed by atoms with Gasteiger partial charge in [-0.15, -0.1) is 0 Å². The molecule has 1 saturated heterocycles. The van der Waals surface area contributed by atoms with Crippen molar-refractivity contribution in [2.45, 2.75) is 6.54 Å². The van der Waals surface area contributed by atoms with Crippen molar-refractivity contribution in [1.82, 2.24) is 9.80 Å². The molecule has 1 heterocycles. The lowest BCUT2D eigenvalue weighted by Crippen LogP contribution is -2.43. The molecule has 22 heavy (non-hydrogen) atoms. The molecule has 0 atom stereocenters. The average Bonchev–Trinajstić information content (AvgIpc) is 2.58. The van der Waals surface area contributed by atoms with Crippen molar-refractivity contribution in [3.8, 4) is 11.1 Å². The highest BCUT2D eigenvalue weighted by Crippen LogP contribution is 2.20. The van der Waals surface area contributed by atoms with E-state index in [1.54, 1.807) is 0 Å². The Labute approximate surface area is 132 Å². The summed E-state index contributed by atoms with van der Waals surface area (Å²) in [5.41, 5.74) is 4.42. The second kappa shape index (κ2) is 6.86. The van der Waals surface area contributed by atoms with E-state index >= 15 is 0 Å². The summed E-state index contributed by atoms with van der Waals surface area (Å²) in [5.74, 6) is 0. The van der Waals surface area contributed by atoms with Crippen molar-refractivity contribution in [2.75, 3.05) is 33.2 Å². The van der Waals surface area contributed by atoms with Gasteiger partial charge in [0.2, 0.25) is 0 Å². The number of rotatable bonds is 4. The molecular formula is C19H22N2O. The van der Waals surface area contributed by atoms with Gasteiger partial charge < -0.3 is 4.90 Å². The van der Waals surface area contributed by atoms with Gasteiger partial charge in [0.1, 0.15) is 6.29 Å². The lowest BCUT2D eigenvalue weighted by molar-refractivity contribution is 0.112. The molecule has 0 spiro atoms. The summed E-state index contributed by atoms with van der Waals surface area (Å²) >= 11 is 0. The third-order valence-corrected chi connectivity index (χ3v) is 4.34. The van der Waals surface area contributed by atoms with Crippen LogP contribution in [0.25, 0.3) is 11.1 Å². The third-order valence-electron chi connectivity index (χ3n) is 4.34. The van der Waals surface area contributed by atoms with Crippen LogP contribution in [0.2, 0.25) is 0 Å². The van der Waals surface area contributed by atoms with Gasteiger partial charge in [0.25, 0.3) is 0 Å². The molecule has 0 amide bonds. The van der Waals surface area contributed by atoms with Crippen LogP contribution in [0.1, 0.15) is 15.9 Å². The molecule has 114 valence electrons. The Morgan fingerprint density at radius 1 is 0.864 bits per heavy atom. The zero-order chi connectivity index (χ0) is 15.4. The summed E-state index contributed by atoms with van der Waals surface area (Å²) in [4.78, 5) is 15.6. The zero-order valence-electron chi connectivity index (χ0n) is 13.0. The third kappa shape index (κ3) is 3.62. The quantitative estimate of drug-likeness (QED) is 0.810. The zero-order valence-corrected chi connectivity index (χ0v) is 13.0. The van der Waals surface area contributed by atoms with Gasteiger partial charge in [0.05, 0.1) is 0 Å². The van der Waals surface area contributed by atoms with Crippen molar-refractivity contribution in [1.29, 1.82) is 0 Å². The van der Waals surface area contributed by atoms with E-state index in [-0.39, 0.29) is 0 Å². The second-order valence-corrected chi connectivity index (χ2v) is 6.02. The molecule has 2 aromatic rings. The van der Waals surface area contributed by atoms with Crippen molar-refractivity contribution in [3.05, 3.63) is 59.7 Å². The van der Waals surface area contributed by atoms with Crippen LogP contribution in [0.4, 0.5) is 0 Å². The summed E-state index contributed by atoms with van der Waals surface area (Å²) in [5, 5.41) is 0. The van der Waals surface area contributed by atoms with Gasteiger partial charge >= 0.3 is 0 Å². The van der Waals surface area contributed by atoms with Crippen LogP contribution in [-0.2, 0) is 6.54 Å². The van der Waals surface area contributed by atoms with Crippen molar-refractivity contribution < 1.29 is 4.79 Å². The van der Waals surface area contributed by atoms with Crippen molar-refractivity contribution in [2.24, 2.45) is 0 Å². The van der Waals surface area contributed by atoms with Crippen LogP contribution < -0.4 is 0 Å². The van der Waals surface area contributed by atoms with Gasteiger partial charge in [-0.2, -0.15) is 0 Å². The Morgan fingerprint density at radius 3 is 1.95 bits per heavy atom. The molecule has 0 N–H and O–H groups in total. The maximum Gasteiger partial charge on any atom is 0.150 e. The van der Waals surface area contributed by atoms with Gasteiger partial charge in [0.15, 0.2) is 0 Å². The van der Waals surface area contributed by atoms with Crippen LogP contribution in [-0.4, -0.2) is 49.3 Å². The smallest absolute Gasteiger partial charge is 0.150 e. The highest BCUT2D eigenvalue weighted by atomic mass is 16.1. The Bertz CT molecular complexity index is 611. The van der Waals surface area contributed by atoms with Crippen LogP contribution in [0.15, 0.2) is 48.5 Å². The number of benzene rings is 2. The lowest BCUT2D eigenvalue weighted by Gasteiger charge is -2.32. The monoisotopic (exact) mass is 294 g/mol. The SMILES string of the molecule is CN1CCN(Cc2ccc(-c3ccc(C=O)cc3)cc2)CC1. The Balaban J connectivity index is 1.65. The second-order valence-electron chi connectivity index (χ2n) is 6.02. The van der Waals surface area contributed by atoms with Crippen molar-refractivity contribution in [3.63, 3.8) is 0 Å². The highest BCUT2D eigenvalue weighted by Gasteiger charge is 2.13. The van der Waals surface area contributed by atoms with E-state index in [1.165, 1.54) is 11.1 Å². The minimum atomic E-state index is 0.718. The molecule has 0 aliphatic carbocycles. The number of carbonyl (C=O) groups is 1. The van der Waals surface area contributed by atoms with Crippen LogP contribution >= 0.6 is 0 Å². The maximum atomic E-state index is 10.7. The van der Waals surface area contributed by atoms with Crippen LogP contribution in [0, 0.1) is 0 Å². The number of nitrogens with zero attached hydrogens (tertiary/aromatic N) is 2.